The third kappa shape index (κ3) is 5.20. The monoisotopic (exact) mass is 630 g/mol. The highest BCUT2D eigenvalue weighted by atomic mass is 19.4. The van der Waals surface area contributed by atoms with Crippen molar-refractivity contribution < 1.29 is 79.7 Å². The van der Waals surface area contributed by atoms with Crippen LogP contribution in [0, 0.1) is 0 Å². The lowest BCUT2D eigenvalue weighted by Gasteiger charge is -2.43. The Balaban J connectivity index is 2.49. The van der Waals surface area contributed by atoms with Gasteiger partial charge in [0.1, 0.15) is 0 Å². The van der Waals surface area contributed by atoms with Crippen molar-refractivity contribution in [2.75, 3.05) is 0 Å². The molecule has 0 heterocycles. The Bertz CT molecular complexity index is 1200. The summed E-state index contributed by atoms with van der Waals surface area (Å²) in [5.74, 6) is -57.1. The van der Waals surface area contributed by atoms with Crippen LogP contribution in [-0.4, -0.2) is 52.7 Å². The maximum absolute atomic E-state index is 14.4. The van der Waals surface area contributed by atoms with E-state index in [1.54, 1.807) is 18.2 Å². The second-order valence-electron chi connectivity index (χ2n) is 9.04. The van der Waals surface area contributed by atoms with E-state index in [1.165, 1.54) is 12.1 Å². The summed E-state index contributed by atoms with van der Waals surface area (Å²) >= 11 is 0. The fourth-order valence-electron chi connectivity index (χ4n) is 3.49. The third-order valence-corrected chi connectivity index (χ3v) is 5.97. The van der Waals surface area contributed by atoms with Crippen molar-refractivity contribution >= 4 is 0 Å². The molecule has 1 nitrogen and oxygen atoms in total. The first-order valence-electron chi connectivity index (χ1n) is 10.6. The second-order valence-corrected chi connectivity index (χ2v) is 9.04. The maximum atomic E-state index is 14.4. The molecule has 41 heavy (non-hydrogen) atoms. The van der Waals surface area contributed by atoms with Crippen molar-refractivity contribution in [1.29, 1.82) is 0 Å². The van der Waals surface area contributed by atoms with Crippen molar-refractivity contribution in [2.24, 2.45) is 0 Å². The molecule has 2 aromatic rings. The van der Waals surface area contributed by atoms with E-state index in [0.717, 1.165) is 24.3 Å². The van der Waals surface area contributed by atoms with Gasteiger partial charge in [0.25, 0.3) is 0 Å². The van der Waals surface area contributed by atoms with E-state index in [0.29, 0.717) is 11.1 Å². The minimum absolute atomic E-state index is 0.261. The predicted molar refractivity (Wildman–Crippen MR) is 107 cm³/mol. The molecule has 0 amide bonds. The van der Waals surface area contributed by atoms with Gasteiger partial charge >= 0.3 is 47.6 Å². The van der Waals surface area contributed by atoms with Crippen molar-refractivity contribution in [3.63, 3.8) is 0 Å². The molecule has 0 fully saturated rings. The largest absolute Gasteiger partial charge is 0.460 e. The summed E-state index contributed by atoms with van der Waals surface area (Å²) in [5.41, 5.74) is -3.30. The molecule has 2 rings (SSSR count). The fourth-order valence-corrected chi connectivity index (χ4v) is 3.49. The summed E-state index contributed by atoms with van der Waals surface area (Å²) in [6.07, 6.45) is -10.8. The van der Waals surface area contributed by atoms with Crippen LogP contribution in [0.15, 0.2) is 54.6 Å². The zero-order valence-corrected chi connectivity index (χ0v) is 19.8. The van der Waals surface area contributed by atoms with E-state index in [-0.39, 0.29) is 6.92 Å². The minimum Gasteiger partial charge on any atom is -0.385 e. The van der Waals surface area contributed by atoms with Gasteiger partial charge in [0.15, 0.2) is 0 Å². The van der Waals surface area contributed by atoms with Gasteiger partial charge in [-0.05, 0) is 23.6 Å². The maximum Gasteiger partial charge on any atom is 0.460 e. The van der Waals surface area contributed by atoms with Crippen molar-refractivity contribution in [2.45, 2.75) is 66.6 Å². The van der Waals surface area contributed by atoms with Crippen LogP contribution < -0.4 is 0 Å². The van der Waals surface area contributed by atoms with Gasteiger partial charge in [-0.2, -0.15) is 74.6 Å². The van der Waals surface area contributed by atoms with Crippen molar-refractivity contribution in [3.05, 3.63) is 60.2 Å². The molecule has 18 heteroatoms. The summed E-state index contributed by atoms with van der Waals surface area (Å²) in [4.78, 5) is 0. The molecule has 0 radical (unpaired) electrons. The van der Waals surface area contributed by atoms with E-state index in [9.17, 15) is 79.7 Å². The highest BCUT2D eigenvalue weighted by molar-refractivity contribution is 5.63. The van der Waals surface area contributed by atoms with Gasteiger partial charge in [0, 0.05) is 0 Å². The Hall–Kier alpha value is -2.79. The van der Waals surface area contributed by atoms with Crippen LogP contribution in [0.25, 0.3) is 11.1 Å². The summed E-state index contributed by atoms with van der Waals surface area (Å²) in [5, 5.41) is 10.3. The first-order chi connectivity index (χ1) is 18.0. The van der Waals surface area contributed by atoms with E-state index >= 15 is 0 Å². The lowest BCUT2D eigenvalue weighted by Crippen LogP contribution is -2.74. The highest BCUT2D eigenvalue weighted by Gasteiger charge is 2.95. The fraction of sp³-hybridized carbons (Fsp3) is 0.478. The smallest absolute Gasteiger partial charge is 0.385 e. The Kier molecular flexibility index (Phi) is 8.31. The minimum atomic E-state index is -8.70. The molecule has 0 aliphatic rings. The van der Waals surface area contributed by atoms with Gasteiger partial charge in [-0.15, -0.1) is 0 Å². The summed E-state index contributed by atoms with van der Waals surface area (Å²) in [7, 11) is 0. The molecule has 2 aromatic carbocycles. The quantitative estimate of drug-likeness (QED) is 0.260. The molecule has 232 valence electrons. The van der Waals surface area contributed by atoms with Gasteiger partial charge in [-0.1, -0.05) is 54.6 Å². The SMILES string of the molecule is CC(O)(CC(F)(F)C(F)(F)C(F)(F)C(F)(F)C(F)(F)C(F)(F)C(F)(F)C(F)(F)F)c1ccc(-c2ccccc2)cc1. The van der Waals surface area contributed by atoms with E-state index in [2.05, 4.69) is 0 Å². The molecule has 0 bridgehead atoms. The molecular formula is C23H15F17O. The number of alkyl halides is 17. The van der Waals surface area contributed by atoms with E-state index < -0.39 is 65.2 Å². The van der Waals surface area contributed by atoms with Crippen LogP contribution in [0.5, 0.6) is 0 Å². The summed E-state index contributed by atoms with van der Waals surface area (Å²) in [6, 6.07) is 11.6. The van der Waals surface area contributed by atoms with Gasteiger partial charge < -0.3 is 5.11 Å². The molecule has 1 atom stereocenters. The number of hydrogen-bond donors (Lipinski definition) is 1. The van der Waals surface area contributed by atoms with Crippen LogP contribution in [0.4, 0.5) is 74.6 Å². The first-order valence-corrected chi connectivity index (χ1v) is 10.6. The van der Waals surface area contributed by atoms with Crippen LogP contribution in [-0.2, 0) is 5.60 Å². The zero-order chi connectivity index (χ0) is 32.3. The number of rotatable bonds is 10. The molecule has 0 aliphatic heterocycles. The van der Waals surface area contributed by atoms with Crippen LogP contribution in [0.2, 0.25) is 0 Å². The molecule has 0 saturated carbocycles. The number of benzene rings is 2. The number of hydrogen-bond acceptors (Lipinski definition) is 1. The van der Waals surface area contributed by atoms with Crippen LogP contribution in [0.1, 0.15) is 18.9 Å². The Morgan fingerprint density at radius 1 is 0.463 bits per heavy atom. The Morgan fingerprint density at radius 3 is 1.20 bits per heavy atom. The average molecular weight is 630 g/mol. The zero-order valence-electron chi connectivity index (χ0n) is 19.8. The highest BCUT2D eigenvalue weighted by Crippen LogP contribution is 2.64. The molecule has 1 unspecified atom stereocenters. The topological polar surface area (TPSA) is 20.2 Å². The first kappa shape index (κ1) is 34.4. The summed E-state index contributed by atoms with van der Waals surface area (Å²) in [6.45, 7) is 0.261. The van der Waals surface area contributed by atoms with Gasteiger partial charge in [-0.25, -0.2) is 0 Å². The predicted octanol–water partition coefficient (Wildman–Crippen LogP) is 8.96. The van der Waals surface area contributed by atoms with E-state index in [1.807, 2.05) is 0 Å². The average Bonchev–Trinajstić information content (AvgIpc) is 2.82. The lowest BCUT2D eigenvalue weighted by atomic mass is 9.83. The molecular weight excluding hydrogens is 615 g/mol. The second kappa shape index (κ2) is 9.90. The summed E-state index contributed by atoms with van der Waals surface area (Å²) < 4.78 is 229. The lowest BCUT2D eigenvalue weighted by molar-refractivity contribution is -0.462. The van der Waals surface area contributed by atoms with Crippen LogP contribution in [0.3, 0.4) is 0 Å². The molecule has 0 aliphatic carbocycles. The third-order valence-electron chi connectivity index (χ3n) is 5.97. The van der Waals surface area contributed by atoms with Gasteiger partial charge in [-0.3, -0.25) is 0 Å². The standard InChI is InChI=1S/C23H15F17O/c1-15(41,14-9-7-13(8-10-14)12-5-3-2-4-6-12)11-16(24,25)17(26,27)18(28,29)19(30,31)20(32,33)21(34,35)22(36,37)23(38,39)40/h2-10,41H,11H2,1H3. The van der Waals surface area contributed by atoms with Gasteiger partial charge in [0.05, 0.1) is 12.0 Å². The van der Waals surface area contributed by atoms with Crippen molar-refractivity contribution in [3.8, 4) is 11.1 Å². The Labute approximate surface area is 218 Å². The molecule has 0 aromatic heterocycles. The normalized spacial score (nSPS) is 16.5. The van der Waals surface area contributed by atoms with Gasteiger partial charge in [0.2, 0.25) is 0 Å². The van der Waals surface area contributed by atoms with Crippen molar-refractivity contribution in [1.82, 2.24) is 0 Å². The molecule has 1 N–H and O–H groups in total. The molecule has 0 saturated heterocycles. The van der Waals surface area contributed by atoms with Crippen LogP contribution >= 0.6 is 0 Å². The Morgan fingerprint density at radius 2 is 0.805 bits per heavy atom. The number of aliphatic hydroxyl groups is 1. The number of halogens is 17. The van der Waals surface area contributed by atoms with E-state index in [4.69, 9.17) is 0 Å². The molecule has 0 spiro atoms.